The van der Waals surface area contributed by atoms with Crippen LogP contribution in [0.3, 0.4) is 0 Å². The van der Waals surface area contributed by atoms with Crippen LogP contribution in [0.15, 0.2) is 138 Å². The van der Waals surface area contributed by atoms with Gasteiger partial charge in [-0.1, -0.05) is 105 Å². The van der Waals surface area contributed by atoms with Gasteiger partial charge in [-0.15, -0.1) is 0 Å². The van der Waals surface area contributed by atoms with E-state index in [1.807, 2.05) is 6.07 Å². The van der Waals surface area contributed by atoms with Crippen molar-refractivity contribution in [3.8, 4) is 33.4 Å². The van der Waals surface area contributed by atoms with Gasteiger partial charge in [-0.2, -0.15) is 0 Å². The molecule has 2 heteroatoms. The van der Waals surface area contributed by atoms with E-state index in [0.29, 0.717) is 0 Å². The molecule has 1 N–H and O–H groups in total. The summed E-state index contributed by atoms with van der Waals surface area (Å²) in [6, 6.07) is 47.6. The number of nitrogens with one attached hydrogen (secondary N) is 1. The van der Waals surface area contributed by atoms with E-state index in [9.17, 15) is 0 Å². The zero-order chi connectivity index (χ0) is 27.6. The van der Waals surface area contributed by atoms with Crippen molar-refractivity contribution in [3.63, 3.8) is 0 Å². The van der Waals surface area contributed by atoms with Gasteiger partial charge in [0.25, 0.3) is 0 Å². The first-order valence-electron chi connectivity index (χ1n) is 14.2. The molecule has 0 amide bonds. The SMILES string of the molecule is CC1(C)c2cc(-c3ccccc3)ccc2-c2c(Nc3ccc4c(c3)oc3ccc(-c5ccccc5)cc34)cccc21. The first-order chi connectivity index (χ1) is 20.1. The van der Waals surface area contributed by atoms with Gasteiger partial charge in [0.1, 0.15) is 11.2 Å². The summed E-state index contributed by atoms with van der Waals surface area (Å²) >= 11 is 0. The molecule has 1 aliphatic rings. The molecule has 41 heavy (non-hydrogen) atoms. The van der Waals surface area contributed by atoms with Crippen LogP contribution in [-0.4, -0.2) is 0 Å². The lowest BCUT2D eigenvalue weighted by molar-refractivity contribution is 0.660. The maximum Gasteiger partial charge on any atom is 0.137 e. The molecule has 0 saturated carbocycles. The van der Waals surface area contributed by atoms with Crippen molar-refractivity contribution >= 4 is 33.3 Å². The van der Waals surface area contributed by atoms with Crippen LogP contribution in [0.5, 0.6) is 0 Å². The Morgan fingerprint density at radius 2 is 1.22 bits per heavy atom. The topological polar surface area (TPSA) is 25.2 Å². The predicted octanol–water partition coefficient (Wildman–Crippen LogP) is 11.0. The molecule has 0 unspecified atom stereocenters. The highest BCUT2D eigenvalue weighted by Crippen LogP contribution is 2.52. The lowest BCUT2D eigenvalue weighted by Crippen LogP contribution is -2.15. The highest BCUT2D eigenvalue weighted by atomic mass is 16.3. The van der Waals surface area contributed by atoms with E-state index < -0.39 is 0 Å². The largest absolute Gasteiger partial charge is 0.456 e. The van der Waals surface area contributed by atoms with Gasteiger partial charge in [-0.25, -0.2) is 0 Å². The van der Waals surface area contributed by atoms with E-state index in [1.165, 1.54) is 44.5 Å². The third-order valence-electron chi connectivity index (χ3n) is 8.66. The molecule has 7 aromatic rings. The molecule has 0 radical (unpaired) electrons. The molecule has 0 atom stereocenters. The summed E-state index contributed by atoms with van der Waals surface area (Å²) in [6.45, 7) is 4.67. The van der Waals surface area contributed by atoms with Crippen molar-refractivity contribution in [2.45, 2.75) is 19.3 Å². The maximum atomic E-state index is 6.32. The van der Waals surface area contributed by atoms with Crippen molar-refractivity contribution < 1.29 is 4.42 Å². The zero-order valence-corrected chi connectivity index (χ0v) is 23.1. The Labute approximate surface area is 239 Å². The molecular formula is C39H29NO. The van der Waals surface area contributed by atoms with E-state index in [0.717, 1.165) is 33.3 Å². The van der Waals surface area contributed by atoms with Gasteiger partial charge in [0.15, 0.2) is 0 Å². The molecule has 0 bridgehead atoms. The molecule has 6 aromatic carbocycles. The molecule has 0 fully saturated rings. The van der Waals surface area contributed by atoms with Crippen LogP contribution in [0.4, 0.5) is 11.4 Å². The Balaban J connectivity index is 1.18. The van der Waals surface area contributed by atoms with E-state index in [-0.39, 0.29) is 5.41 Å². The molecule has 1 aromatic heterocycles. The number of fused-ring (bicyclic) bond motifs is 6. The van der Waals surface area contributed by atoms with Gasteiger partial charge >= 0.3 is 0 Å². The third kappa shape index (κ3) is 3.79. The van der Waals surface area contributed by atoms with E-state index in [2.05, 4.69) is 147 Å². The smallest absolute Gasteiger partial charge is 0.137 e. The summed E-state index contributed by atoms with van der Waals surface area (Å²) in [6.07, 6.45) is 0. The molecule has 0 aliphatic heterocycles. The predicted molar refractivity (Wildman–Crippen MR) is 172 cm³/mol. The molecular weight excluding hydrogens is 498 g/mol. The van der Waals surface area contributed by atoms with Crippen LogP contribution in [0, 0.1) is 0 Å². The van der Waals surface area contributed by atoms with Crippen LogP contribution < -0.4 is 5.32 Å². The second-order valence-electron chi connectivity index (χ2n) is 11.5. The fourth-order valence-electron chi connectivity index (χ4n) is 6.52. The average Bonchev–Trinajstić information content (AvgIpc) is 3.49. The second-order valence-corrected chi connectivity index (χ2v) is 11.5. The van der Waals surface area contributed by atoms with Gasteiger partial charge < -0.3 is 9.73 Å². The highest BCUT2D eigenvalue weighted by Gasteiger charge is 2.37. The van der Waals surface area contributed by atoms with Crippen molar-refractivity contribution in [2.24, 2.45) is 0 Å². The van der Waals surface area contributed by atoms with Gasteiger partial charge in [-0.3, -0.25) is 0 Å². The Morgan fingerprint density at radius 3 is 1.98 bits per heavy atom. The molecule has 1 heterocycles. The summed E-state index contributed by atoms with van der Waals surface area (Å²) in [7, 11) is 0. The number of benzene rings is 6. The van der Waals surface area contributed by atoms with Crippen molar-refractivity contribution in [1.29, 1.82) is 0 Å². The van der Waals surface area contributed by atoms with Crippen LogP contribution in [0.1, 0.15) is 25.0 Å². The second kappa shape index (κ2) is 8.97. The molecule has 0 saturated heterocycles. The van der Waals surface area contributed by atoms with Gasteiger partial charge in [0.05, 0.1) is 0 Å². The lowest BCUT2D eigenvalue weighted by Gasteiger charge is -2.22. The molecule has 2 nitrogen and oxygen atoms in total. The minimum atomic E-state index is -0.0910. The van der Waals surface area contributed by atoms with Crippen molar-refractivity contribution in [2.75, 3.05) is 5.32 Å². The van der Waals surface area contributed by atoms with E-state index in [4.69, 9.17) is 4.42 Å². The normalized spacial score (nSPS) is 13.3. The van der Waals surface area contributed by atoms with Gasteiger partial charge in [0.2, 0.25) is 0 Å². The summed E-state index contributed by atoms with van der Waals surface area (Å²) in [5, 5.41) is 6.01. The third-order valence-corrected chi connectivity index (χ3v) is 8.66. The summed E-state index contributed by atoms with van der Waals surface area (Å²) < 4.78 is 6.32. The Bertz CT molecular complexity index is 2080. The summed E-state index contributed by atoms with van der Waals surface area (Å²) in [4.78, 5) is 0. The number of hydrogen-bond acceptors (Lipinski definition) is 2. The average molecular weight is 528 g/mol. The molecule has 196 valence electrons. The van der Waals surface area contributed by atoms with Crippen LogP contribution in [0.2, 0.25) is 0 Å². The first-order valence-corrected chi connectivity index (χ1v) is 14.2. The highest BCUT2D eigenvalue weighted by molar-refractivity contribution is 6.07. The van der Waals surface area contributed by atoms with Crippen molar-refractivity contribution in [3.05, 3.63) is 145 Å². The summed E-state index contributed by atoms with van der Waals surface area (Å²) in [5.74, 6) is 0. The van der Waals surface area contributed by atoms with E-state index >= 15 is 0 Å². The molecule has 0 spiro atoms. The lowest BCUT2D eigenvalue weighted by atomic mass is 9.81. The quantitative estimate of drug-likeness (QED) is 0.246. The number of rotatable bonds is 4. The summed E-state index contributed by atoms with van der Waals surface area (Å²) in [5.41, 5.74) is 14.0. The van der Waals surface area contributed by atoms with E-state index in [1.54, 1.807) is 0 Å². The molecule has 1 aliphatic carbocycles. The molecule has 8 rings (SSSR count). The minimum absolute atomic E-state index is 0.0910. The fourth-order valence-corrected chi connectivity index (χ4v) is 6.52. The number of hydrogen-bond donors (Lipinski definition) is 1. The Morgan fingerprint density at radius 1 is 0.512 bits per heavy atom. The van der Waals surface area contributed by atoms with Gasteiger partial charge in [0, 0.05) is 39.2 Å². The Hall–Kier alpha value is -5.08. The number of furan rings is 1. The maximum absolute atomic E-state index is 6.32. The Kier molecular flexibility index (Phi) is 5.20. The standard InChI is InChI=1S/C39H29NO/c1-39(2)33-14-9-15-35(38(33)31-19-16-28(23-34(31)39)26-12-7-4-8-13-26)40-29-18-20-30-32-22-27(25-10-5-3-6-11-25)17-21-36(32)41-37(30)24-29/h3-24,40H,1-2H3. The monoisotopic (exact) mass is 527 g/mol. The van der Waals surface area contributed by atoms with Crippen LogP contribution in [-0.2, 0) is 5.41 Å². The van der Waals surface area contributed by atoms with Gasteiger partial charge in [-0.05, 0) is 75.3 Å². The number of anilines is 2. The van der Waals surface area contributed by atoms with Crippen molar-refractivity contribution in [1.82, 2.24) is 0 Å². The minimum Gasteiger partial charge on any atom is -0.456 e. The van der Waals surface area contributed by atoms with Crippen LogP contribution >= 0.6 is 0 Å². The van der Waals surface area contributed by atoms with Crippen LogP contribution in [0.25, 0.3) is 55.3 Å². The zero-order valence-electron chi connectivity index (χ0n) is 23.1. The fraction of sp³-hybridized carbons (Fsp3) is 0.0769. The first kappa shape index (κ1) is 23.8.